The summed E-state index contributed by atoms with van der Waals surface area (Å²) < 4.78 is 0. The van der Waals surface area contributed by atoms with Gasteiger partial charge < -0.3 is 9.80 Å². The van der Waals surface area contributed by atoms with Crippen molar-refractivity contribution in [3.05, 3.63) is 83.4 Å². The average molecular weight is 455 g/mol. The standard InChI is InChI=1S/C30H34N2O2/c1-31(21-19-22-10-3-2-4-11-22)29(33)26-17-18-27(25-15-7-6-14-24(25)26)30(34)32-20-9-13-23-12-5-8-16-28(23)32/h2-4,6-7,10-11,14-15,17-18,23,28H,5,8-9,12-13,16,19-21H2,1H3/t23-,28-/m0/s1. The molecule has 4 heteroatoms. The minimum atomic E-state index is -0.00329. The summed E-state index contributed by atoms with van der Waals surface area (Å²) in [6, 6.07) is 22.2. The van der Waals surface area contributed by atoms with Crippen LogP contribution in [0, 0.1) is 5.92 Å². The molecule has 1 saturated heterocycles. The Kier molecular flexibility index (Phi) is 6.66. The number of likely N-dealkylation sites (tertiary alicyclic amines) is 1. The van der Waals surface area contributed by atoms with Crippen LogP contribution in [0.4, 0.5) is 0 Å². The fourth-order valence-corrected chi connectivity index (χ4v) is 5.95. The van der Waals surface area contributed by atoms with Crippen LogP contribution >= 0.6 is 0 Å². The zero-order valence-corrected chi connectivity index (χ0v) is 20.1. The molecule has 0 aromatic heterocycles. The second kappa shape index (κ2) is 10.0. The van der Waals surface area contributed by atoms with Gasteiger partial charge in [0, 0.05) is 37.3 Å². The first-order chi connectivity index (χ1) is 16.6. The summed E-state index contributed by atoms with van der Waals surface area (Å²) >= 11 is 0. The Hall–Kier alpha value is -3.14. The third kappa shape index (κ3) is 4.46. The SMILES string of the molecule is CN(CCc1ccccc1)C(=O)c1ccc(C(=O)N2CCC[C@@H]3CCCC[C@@H]32)c2ccccc12. The van der Waals surface area contributed by atoms with Gasteiger partial charge >= 0.3 is 0 Å². The number of amides is 2. The van der Waals surface area contributed by atoms with Gasteiger partial charge in [-0.2, -0.15) is 0 Å². The number of nitrogens with zero attached hydrogens (tertiary/aromatic N) is 2. The fraction of sp³-hybridized carbons (Fsp3) is 0.400. The van der Waals surface area contributed by atoms with Gasteiger partial charge in [-0.05, 0) is 66.5 Å². The first-order valence-electron chi connectivity index (χ1n) is 12.8. The van der Waals surface area contributed by atoms with Gasteiger partial charge in [0.05, 0.1) is 0 Å². The Morgan fingerprint density at radius 3 is 2.26 bits per heavy atom. The number of benzene rings is 3. The number of likely N-dealkylation sites (N-methyl/N-ethyl adjacent to an activating group) is 1. The Morgan fingerprint density at radius 1 is 0.824 bits per heavy atom. The second-order valence-electron chi connectivity index (χ2n) is 9.92. The fourth-order valence-electron chi connectivity index (χ4n) is 5.95. The van der Waals surface area contributed by atoms with Crippen molar-refractivity contribution in [3.63, 3.8) is 0 Å². The van der Waals surface area contributed by atoms with E-state index in [4.69, 9.17) is 0 Å². The van der Waals surface area contributed by atoms with Crippen LogP contribution in [0.2, 0.25) is 0 Å². The molecule has 3 aromatic rings. The van der Waals surface area contributed by atoms with E-state index in [0.29, 0.717) is 24.1 Å². The van der Waals surface area contributed by atoms with E-state index in [1.165, 1.54) is 31.2 Å². The molecule has 2 atom stereocenters. The van der Waals surface area contributed by atoms with E-state index in [2.05, 4.69) is 17.0 Å². The van der Waals surface area contributed by atoms with Gasteiger partial charge in [-0.3, -0.25) is 9.59 Å². The van der Waals surface area contributed by atoms with Crippen LogP contribution in [-0.4, -0.2) is 47.8 Å². The van der Waals surface area contributed by atoms with Crippen molar-refractivity contribution < 1.29 is 9.59 Å². The molecule has 0 spiro atoms. The van der Waals surface area contributed by atoms with Gasteiger partial charge in [-0.25, -0.2) is 0 Å². The quantitative estimate of drug-likeness (QED) is 0.478. The van der Waals surface area contributed by atoms with E-state index in [-0.39, 0.29) is 11.8 Å². The van der Waals surface area contributed by atoms with E-state index in [0.717, 1.165) is 42.1 Å². The maximum absolute atomic E-state index is 13.8. The highest BCUT2D eigenvalue weighted by molar-refractivity contribution is 6.14. The lowest BCUT2D eigenvalue weighted by atomic mass is 9.78. The highest BCUT2D eigenvalue weighted by Crippen LogP contribution is 2.37. The van der Waals surface area contributed by atoms with Crippen LogP contribution in [0.25, 0.3) is 10.8 Å². The van der Waals surface area contributed by atoms with E-state index < -0.39 is 0 Å². The largest absolute Gasteiger partial charge is 0.341 e. The highest BCUT2D eigenvalue weighted by Gasteiger charge is 2.36. The molecule has 2 fully saturated rings. The number of rotatable bonds is 5. The molecule has 3 aromatic carbocycles. The maximum Gasteiger partial charge on any atom is 0.254 e. The van der Waals surface area contributed by atoms with E-state index in [1.54, 1.807) is 4.90 Å². The summed E-state index contributed by atoms with van der Waals surface area (Å²) in [6.45, 7) is 1.49. The third-order valence-corrected chi connectivity index (χ3v) is 7.81. The lowest BCUT2D eigenvalue weighted by Crippen LogP contribution is -2.49. The van der Waals surface area contributed by atoms with E-state index >= 15 is 0 Å². The Bertz CT molecular complexity index is 1170. The predicted octanol–water partition coefficient (Wildman–Crippen LogP) is 5.95. The number of hydrogen-bond donors (Lipinski definition) is 0. The minimum Gasteiger partial charge on any atom is -0.341 e. The second-order valence-corrected chi connectivity index (χ2v) is 9.92. The van der Waals surface area contributed by atoms with Gasteiger partial charge in [-0.15, -0.1) is 0 Å². The van der Waals surface area contributed by atoms with Crippen molar-refractivity contribution in [3.8, 4) is 0 Å². The Morgan fingerprint density at radius 2 is 1.47 bits per heavy atom. The molecule has 0 radical (unpaired) electrons. The normalized spacial score (nSPS) is 20.1. The zero-order chi connectivity index (χ0) is 23.5. The van der Waals surface area contributed by atoms with Crippen molar-refractivity contribution in [1.29, 1.82) is 0 Å². The number of carbonyl (C=O) groups is 2. The van der Waals surface area contributed by atoms with Crippen LogP contribution in [0.1, 0.15) is 64.8 Å². The van der Waals surface area contributed by atoms with Crippen LogP contribution in [0.5, 0.6) is 0 Å². The van der Waals surface area contributed by atoms with Gasteiger partial charge in [-0.1, -0.05) is 67.4 Å². The molecular formula is C30H34N2O2. The summed E-state index contributed by atoms with van der Waals surface area (Å²) in [5, 5.41) is 1.75. The molecule has 2 aliphatic rings. The van der Waals surface area contributed by atoms with Crippen molar-refractivity contribution in [2.24, 2.45) is 5.92 Å². The van der Waals surface area contributed by atoms with Crippen LogP contribution in [0.15, 0.2) is 66.7 Å². The molecule has 176 valence electrons. The molecule has 2 amide bonds. The third-order valence-electron chi connectivity index (χ3n) is 7.81. The lowest BCUT2D eigenvalue weighted by Gasteiger charge is -2.44. The smallest absolute Gasteiger partial charge is 0.254 e. The van der Waals surface area contributed by atoms with E-state index in [1.807, 2.05) is 61.6 Å². The number of carbonyl (C=O) groups excluding carboxylic acids is 2. The molecule has 1 aliphatic heterocycles. The van der Waals surface area contributed by atoms with Crippen LogP contribution in [0.3, 0.4) is 0 Å². The molecule has 1 heterocycles. The zero-order valence-electron chi connectivity index (χ0n) is 20.1. The van der Waals surface area contributed by atoms with Gasteiger partial charge in [0.1, 0.15) is 0 Å². The number of piperidine rings is 1. The topological polar surface area (TPSA) is 40.6 Å². The summed E-state index contributed by atoms with van der Waals surface area (Å²) in [5.74, 6) is 0.775. The van der Waals surface area contributed by atoms with Crippen molar-refractivity contribution in [2.45, 2.75) is 51.0 Å². The summed E-state index contributed by atoms with van der Waals surface area (Å²) in [4.78, 5) is 31.1. The van der Waals surface area contributed by atoms with Crippen LogP contribution < -0.4 is 0 Å². The van der Waals surface area contributed by atoms with E-state index in [9.17, 15) is 9.59 Å². The molecule has 1 aliphatic carbocycles. The molecule has 1 saturated carbocycles. The van der Waals surface area contributed by atoms with Gasteiger partial charge in [0.2, 0.25) is 0 Å². The van der Waals surface area contributed by atoms with Crippen molar-refractivity contribution in [2.75, 3.05) is 20.1 Å². The predicted molar refractivity (Wildman–Crippen MR) is 137 cm³/mol. The summed E-state index contributed by atoms with van der Waals surface area (Å²) in [7, 11) is 1.86. The molecule has 0 unspecified atom stereocenters. The molecule has 34 heavy (non-hydrogen) atoms. The minimum absolute atomic E-state index is 0.00329. The van der Waals surface area contributed by atoms with Gasteiger partial charge in [0.25, 0.3) is 11.8 Å². The van der Waals surface area contributed by atoms with Crippen LogP contribution in [-0.2, 0) is 6.42 Å². The van der Waals surface area contributed by atoms with Gasteiger partial charge in [0.15, 0.2) is 0 Å². The van der Waals surface area contributed by atoms with Crippen molar-refractivity contribution >= 4 is 22.6 Å². The molecule has 5 rings (SSSR count). The molecular weight excluding hydrogens is 420 g/mol. The maximum atomic E-state index is 13.8. The number of hydrogen-bond acceptors (Lipinski definition) is 2. The Labute approximate surface area is 202 Å². The number of fused-ring (bicyclic) bond motifs is 2. The van der Waals surface area contributed by atoms with Crippen molar-refractivity contribution in [1.82, 2.24) is 9.80 Å². The summed E-state index contributed by atoms with van der Waals surface area (Å²) in [5.41, 5.74) is 2.61. The molecule has 0 N–H and O–H groups in total. The summed E-state index contributed by atoms with van der Waals surface area (Å²) in [6.07, 6.45) is 8.03. The molecule has 0 bridgehead atoms. The lowest BCUT2D eigenvalue weighted by molar-refractivity contribution is 0.0392. The monoisotopic (exact) mass is 454 g/mol. The first kappa shape index (κ1) is 22.6. The average Bonchev–Trinajstić information content (AvgIpc) is 2.90. The first-order valence-corrected chi connectivity index (χ1v) is 12.8. The highest BCUT2D eigenvalue weighted by atomic mass is 16.2. The Balaban J connectivity index is 1.40. The molecule has 4 nitrogen and oxygen atoms in total.